The van der Waals surface area contributed by atoms with E-state index in [4.69, 9.17) is 11.6 Å². The van der Waals surface area contributed by atoms with Crippen LogP contribution in [0.25, 0.3) is 0 Å². The maximum Gasteiger partial charge on any atom is 0.251 e. The topological polar surface area (TPSA) is 29.1 Å². The quantitative estimate of drug-likeness (QED) is 0.810. The van der Waals surface area contributed by atoms with Gasteiger partial charge in [-0.1, -0.05) is 6.07 Å². The van der Waals surface area contributed by atoms with Gasteiger partial charge in [-0.25, -0.2) is 4.39 Å². The average Bonchev–Trinajstić information content (AvgIpc) is 3.02. The zero-order chi connectivity index (χ0) is 11.8. The molecule has 1 N–H and O–H groups in total. The third-order valence-corrected chi connectivity index (χ3v) is 3.43. The molecule has 0 atom stereocenters. The Morgan fingerprint density at radius 1 is 1.56 bits per heavy atom. The SMILES string of the molecule is Cc1ccc(C(=O)NC2(CCl)CC2)cc1F. The molecule has 0 spiro atoms. The monoisotopic (exact) mass is 241 g/mol. The van der Waals surface area contributed by atoms with Crippen LogP contribution >= 0.6 is 11.6 Å². The Labute approximate surface area is 98.8 Å². The van der Waals surface area contributed by atoms with Crippen molar-refractivity contribution in [3.05, 3.63) is 35.1 Å². The van der Waals surface area contributed by atoms with Crippen LogP contribution in [0.3, 0.4) is 0 Å². The number of nitrogens with one attached hydrogen (secondary N) is 1. The molecular formula is C12H13ClFNO. The minimum absolute atomic E-state index is 0.250. The molecule has 1 fully saturated rings. The fraction of sp³-hybridized carbons (Fsp3) is 0.417. The second-order valence-corrected chi connectivity index (χ2v) is 4.60. The van der Waals surface area contributed by atoms with E-state index in [0.717, 1.165) is 12.8 Å². The number of hydrogen-bond acceptors (Lipinski definition) is 1. The summed E-state index contributed by atoms with van der Waals surface area (Å²) in [7, 11) is 0. The summed E-state index contributed by atoms with van der Waals surface area (Å²) in [6.07, 6.45) is 1.80. The maximum absolute atomic E-state index is 13.3. The van der Waals surface area contributed by atoms with Crippen molar-refractivity contribution in [2.45, 2.75) is 25.3 Å². The van der Waals surface area contributed by atoms with Crippen LogP contribution in [0, 0.1) is 12.7 Å². The first-order valence-corrected chi connectivity index (χ1v) is 5.74. The average molecular weight is 242 g/mol. The molecule has 1 amide bonds. The summed E-state index contributed by atoms with van der Waals surface area (Å²) in [5, 5.41) is 2.84. The number of aryl methyl sites for hydroxylation is 1. The van der Waals surface area contributed by atoms with Gasteiger partial charge in [0.15, 0.2) is 0 Å². The molecule has 0 aliphatic heterocycles. The molecule has 1 aromatic rings. The van der Waals surface area contributed by atoms with Crippen molar-refractivity contribution < 1.29 is 9.18 Å². The van der Waals surface area contributed by atoms with Crippen LogP contribution in [0.2, 0.25) is 0 Å². The van der Waals surface area contributed by atoms with Gasteiger partial charge in [0, 0.05) is 11.4 Å². The lowest BCUT2D eigenvalue weighted by Gasteiger charge is -2.14. The third kappa shape index (κ3) is 2.19. The first-order valence-electron chi connectivity index (χ1n) is 5.21. The van der Waals surface area contributed by atoms with Crippen molar-refractivity contribution in [3.63, 3.8) is 0 Å². The standard InChI is InChI=1S/C12H13ClFNO/c1-8-2-3-9(6-10(8)14)11(16)15-12(7-13)4-5-12/h2-3,6H,4-5,7H2,1H3,(H,15,16). The van der Waals surface area contributed by atoms with Crippen molar-refractivity contribution in [2.24, 2.45) is 0 Å². The van der Waals surface area contributed by atoms with Gasteiger partial charge in [-0.05, 0) is 37.5 Å². The van der Waals surface area contributed by atoms with Gasteiger partial charge in [0.1, 0.15) is 5.82 Å². The van der Waals surface area contributed by atoms with Crippen LogP contribution in [0.4, 0.5) is 4.39 Å². The molecule has 2 nitrogen and oxygen atoms in total. The normalized spacial score (nSPS) is 16.9. The number of rotatable bonds is 3. The molecule has 86 valence electrons. The largest absolute Gasteiger partial charge is 0.345 e. The highest BCUT2D eigenvalue weighted by molar-refractivity contribution is 6.19. The Kier molecular flexibility index (Phi) is 2.89. The summed E-state index contributed by atoms with van der Waals surface area (Å²) >= 11 is 5.75. The molecule has 16 heavy (non-hydrogen) atoms. The Bertz CT molecular complexity index is 429. The first kappa shape index (κ1) is 11.4. The molecule has 0 radical (unpaired) electrons. The van der Waals surface area contributed by atoms with Crippen molar-refractivity contribution in [1.82, 2.24) is 5.32 Å². The number of carbonyl (C=O) groups is 1. The number of amides is 1. The number of carbonyl (C=O) groups excluding carboxylic acids is 1. The van der Waals surface area contributed by atoms with Crippen molar-refractivity contribution in [2.75, 3.05) is 5.88 Å². The van der Waals surface area contributed by atoms with Gasteiger partial charge in [0.05, 0.1) is 5.54 Å². The highest BCUT2D eigenvalue weighted by Crippen LogP contribution is 2.36. The van der Waals surface area contributed by atoms with E-state index in [1.807, 2.05) is 0 Å². The van der Waals surface area contributed by atoms with E-state index in [1.54, 1.807) is 19.1 Å². The van der Waals surface area contributed by atoms with Crippen LogP contribution < -0.4 is 5.32 Å². The zero-order valence-corrected chi connectivity index (χ0v) is 9.77. The molecule has 0 heterocycles. The molecule has 1 aliphatic carbocycles. The second kappa shape index (κ2) is 4.06. The second-order valence-electron chi connectivity index (χ2n) is 4.33. The lowest BCUT2D eigenvalue weighted by atomic mass is 10.1. The van der Waals surface area contributed by atoms with Gasteiger partial charge in [-0.3, -0.25) is 4.79 Å². The van der Waals surface area contributed by atoms with E-state index < -0.39 is 0 Å². The molecule has 4 heteroatoms. The molecule has 0 aromatic heterocycles. The summed E-state index contributed by atoms with van der Waals surface area (Å²) in [6.45, 7) is 1.66. The lowest BCUT2D eigenvalue weighted by molar-refractivity contribution is 0.0935. The maximum atomic E-state index is 13.3. The predicted octanol–water partition coefficient (Wildman–Crippen LogP) is 2.64. The highest BCUT2D eigenvalue weighted by Gasteiger charge is 2.43. The summed E-state index contributed by atoms with van der Waals surface area (Å²) in [6, 6.07) is 4.48. The minimum Gasteiger partial charge on any atom is -0.345 e. The summed E-state index contributed by atoms with van der Waals surface area (Å²) < 4.78 is 13.3. The molecule has 1 aliphatic rings. The van der Waals surface area contributed by atoms with Crippen LogP contribution in [-0.4, -0.2) is 17.3 Å². The van der Waals surface area contributed by atoms with Gasteiger partial charge < -0.3 is 5.32 Å². The number of alkyl halides is 1. The Morgan fingerprint density at radius 3 is 2.75 bits per heavy atom. The van der Waals surface area contributed by atoms with E-state index in [2.05, 4.69) is 5.32 Å². The molecule has 0 bridgehead atoms. The van der Waals surface area contributed by atoms with Crippen LogP contribution in [-0.2, 0) is 0 Å². The summed E-state index contributed by atoms with van der Waals surface area (Å²) in [4.78, 5) is 11.8. The van der Waals surface area contributed by atoms with E-state index in [0.29, 0.717) is 17.0 Å². The molecule has 2 rings (SSSR count). The van der Waals surface area contributed by atoms with Crippen molar-refractivity contribution in [3.8, 4) is 0 Å². The van der Waals surface area contributed by atoms with Crippen molar-refractivity contribution in [1.29, 1.82) is 0 Å². The van der Waals surface area contributed by atoms with Crippen LogP contribution in [0.15, 0.2) is 18.2 Å². The van der Waals surface area contributed by atoms with E-state index in [-0.39, 0.29) is 17.3 Å². The lowest BCUT2D eigenvalue weighted by Crippen LogP contribution is -2.38. The van der Waals surface area contributed by atoms with Gasteiger partial charge >= 0.3 is 0 Å². The summed E-state index contributed by atoms with van der Waals surface area (Å²) in [5.41, 5.74) is 0.634. The summed E-state index contributed by atoms with van der Waals surface area (Å²) in [5.74, 6) is -0.201. The van der Waals surface area contributed by atoms with E-state index in [1.165, 1.54) is 6.07 Å². The molecule has 0 unspecified atom stereocenters. The van der Waals surface area contributed by atoms with Crippen LogP contribution in [0.1, 0.15) is 28.8 Å². The molecular weight excluding hydrogens is 229 g/mol. The highest BCUT2D eigenvalue weighted by atomic mass is 35.5. The number of halogens is 2. The molecule has 0 saturated heterocycles. The Balaban J connectivity index is 2.12. The Morgan fingerprint density at radius 2 is 2.25 bits per heavy atom. The van der Waals surface area contributed by atoms with E-state index in [9.17, 15) is 9.18 Å². The first-order chi connectivity index (χ1) is 7.56. The number of benzene rings is 1. The fourth-order valence-electron chi connectivity index (χ4n) is 1.49. The zero-order valence-electron chi connectivity index (χ0n) is 9.02. The van der Waals surface area contributed by atoms with Crippen molar-refractivity contribution >= 4 is 17.5 Å². The number of hydrogen-bond donors (Lipinski definition) is 1. The fourth-order valence-corrected chi connectivity index (χ4v) is 1.82. The minimum atomic E-state index is -0.358. The van der Waals surface area contributed by atoms with Gasteiger partial charge in [-0.2, -0.15) is 0 Å². The Hall–Kier alpha value is -1.09. The van der Waals surface area contributed by atoms with Crippen LogP contribution in [0.5, 0.6) is 0 Å². The molecule has 1 aromatic carbocycles. The van der Waals surface area contributed by atoms with Gasteiger partial charge in [0.25, 0.3) is 5.91 Å². The predicted molar refractivity (Wildman–Crippen MR) is 61.3 cm³/mol. The molecule has 1 saturated carbocycles. The van der Waals surface area contributed by atoms with E-state index >= 15 is 0 Å². The third-order valence-electron chi connectivity index (χ3n) is 2.92. The van der Waals surface area contributed by atoms with Gasteiger partial charge in [-0.15, -0.1) is 11.6 Å². The smallest absolute Gasteiger partial charge is 0.251 e. The van der Waals surface area contributed by atoms with Gasteiger partial charge in [0.2, 0.25) is 0 Å².